The molecule has 1 aromatic carbocycles. The molecule has 0 aromatic heterocycles. The summed E-state index contributed by atoms with van der Waals surface area (Å²) in [6, 6.07) is 7.09. The molecule has 1 atom stereocenters. The van der Waals surface area contributed by atoms with E-state index in [1.54, 1.807) is 18.1 Å². The Hall–Kier alpha value is -2.28. The number of rotatable bonds is 5. The number of amides is 3. The molecule has 138 valence electrons. The normalized spacial score (nSPS) is 16.4. The van der Waals surface area contributed by atoms with Gasteiger partial charge in [0.1, 0.15) is 5.75 Å². The van der Waals surface area contributed by atoms with Gasteiger partial charge in [0.2, 0.25) is 5.91 Å². The minimum Gasteiger partial charge on any atom is -0.497 e. The molecule has 1 aliphatic heterocycles. The van der Waals surface area contributed by atoms with Gasteiger partial charge in [-0.2, -0.15) is 0 Å². The fraction of sp³-hybridized carbons (Fsp3) is 0.556. The van der Waals surface area contributed by atoms with Gasteiger partial charge in [0.05, 0.1) is 13.2 Å². The Labute approximate surface area is 149 Å². The summed E-state index contributed by atoms with van der Waals surface area (Å²) >= 11 is 0. The van der Waals surface area contributed by atoms with E-state index in [4.69, 9.17) is 4.74 Å². The molecule has 1 aromatic rings. The van der Waals surface area contributed by atoms with Crippen molar-refractivity contribution in [3.05, 3.63) is 24.3 Å². The number of ether oxygens (including phenoxy) is 1. The van der Waals surface area contributed by atoms with Crippen molar-refractivity contribution >= 4 is 17.6 Å². The predicted octanol–water partition coefficient (Wildman–Crippen LogP) is 1.76. The van der Waals surface area contributed by atoms with Crippen LogP contribution in [0.1, 0.15) is 20.8 Å². The highest BCUT2D eigenvalue weighted by molar-refractivity contribution is 5.89. The van der Waals surface area contributed by atoms with Crippen LogP contribution in [0.15, 0.2) is 24.3 Å². The highest BCUT2D eigenvalue weighted by Crippen LogP contribution is 2.17. The average molecular weight is 348 g/mol. The highest BCUT2D eigenvalue weighted by Gasteiger charge is 2.27. The standard InChI is InChI=1S/C18H28N4O3/c1-13(2)19-17(23)14(3)21-8-10-22(11-9-21)18(24)20-15-6-5-7-16(12-15)25-4/h5-7,12-14H,8-11H2,1-4H3,(H,19,23)(H,20,24). The maximum Gasteiger partial charge on any atom is 0.321 e. The molecule has 1 aliphatic rings. The first-order valence-corrected chi connectivity index (χ1v) is 8.65. The summed E-state index contributed by atoms with van der Waals surface area (Å²) in [5.41, 5.74) is 0.705. The Balaban J connectivity index is 1.84. The van der Waals surface area contributed by atoms with Gasteiger partial charge in [-0.3, -0.25) is 9.69 Å². The number of nitrogens with zero attached hydrogens (tertiary/aromatic N) is 2. The van der Waals surface area contributed by atoms with E-state index in [-0.39, 0.29) is 24.0 Å². The first-order valence-electron chi connectivity index (χ1n) is 8.65. The van der Waals surface area contributed by atoms with Gasteiger partial charge in [-0.05, 0) is 32.9 Å². The zero-order valence-corrected chi connectivity index (χ0v) is 15.4. The molecule has 0 radical (unpaired) electrons. The van der Waals surface area contributed by atoms with Crippen LogP contribution in [0, 0.1) is 0 Å². The fourth-order valence-corrected chi connectivity index (χ4v) is 2.79. The molecule has 2 rings (SSSR count). The monoisotopic (exact) mass is 348 g/mol. The summed E-state index contributed by atoms with van der Waals surface area (Å²) in [4.78, 5) is 28.4. The van der Waals surface area contributed by atoms with Crippen LogP contribution in [0.5, 0.6) is 5.75 Å². The summed E-state index contributed by atoms with van der Waals surface area (Å²) in [6.07, 6.45) is 0. The third kappa shape index (κ3) is 5.35. The van der Waals surface area contributed by atoms with Gasteiger partial charge < -0.3 is 20.3 Å². The number of carbonyl (C=O) groups is 2. The molecule has 7 nitrogen and oxygen atoms in total. The Kier molecular flexibility index (Phi) is 6.64. The molecule has 3 amide bonds. The molecule has 1 unspecified atom stereocenters. The van der Waals surface area contributed by atoms with E-state index in [0.29, 0.717) is 37.6 Å². The molecular weight excluding hydrogens is 320 g/mol. The third-order valence-corrected chi connectivity index (χ3v) is 4.28. The summed E-state index contributed by atoms with van der Waals surface area (Å²) in [5, 5.41) is 5.82. The lowest BCUT2D eigenvalue weighted by Crippen LogP contribution is -2.56. The number of methoxy groups -OCH3 is 1. The Morgan fingerprint density at radius 1 is 1.12 bits per heavy atom. The van der Waals surface area contributed by atoms with Gasteiger partial charge in [0.25, 0.3) is 0 Å². The van der Waals surface area contributed by atoms with Gasteiger partial charge in [-0.15, -0.1) is 0 Å². The number of nitrogens with one attached hydrogen (secondary N) is 2. The summed E-state index contributed by atoms with van der Waals surface area (Å²) in [5.74, 6) is 0.733. The van der Waals surface area contributed by atoms with E-state index in [1.807, 2.05) is 39.0 Å². The van der Waals surface area contributed by atoms with E-state index in [9.17, 15) is 9.59 Å². The Bertz CT molecular complexity index is 598. The SMILES string of the molecule is COc1cccc(NC(=O)N2CCN(C(C)C(=O)NC(C)C)CC2)c1. The van der Waals surface area contributed by atoms with Crippen molar-refractivity contribution in [2.75, 3.05) is 38.6 Å². The number of urea groups is 1. The molecule has 7 heteroatoms. The molecule has 1 heterocycles. The first-order chi connectivity index (χ1) is 11.9. The Morgan fingerprint density at radius 2 is 1.80 bits per heavy atom. The van der Waals surface area contributed by atoms with Gasteiger partial charge in [-0.25, -0.2) is 4.79 Å². The Morgan fingerprint density at radius 3 is 2.40 bits per heavy atom. The molecule has 25 heavy (non-hydrogen) atoms. The maximum atomic E-state index is 12.4. The highest BCUT2D eigenvalue weighted by atomic mass is 16.5. The van der Waals surface area contributed by atoms with Gasteiger partial charge in [0, 0.05) is 44.0 Å². The topological polar surface area (TPSA) is 73.9 Å². The quantitative estimate of drug-likeness (QED) is 0.850. The maximum absolute atomic E-state index is 12.4. The largest absolute Gasteiger partial charge is 0.497 e. The van der Waals surface area contributed by atoms with Crippen LogP contribution in [-0.4, -0.2) is 67.1 Å². The molecular formula is C18H28N4O3. The second kappa shape index (κ2) is 8.71. The fourth-order valence-electron chi connectivity index (χ4n) is 2.79. The van der Waals surface area contributed by atoms with Crippen LogP contribution in [0.4, 0.5) is 10.5 Å². The van der Waals surface area contributed by atoms with E-state index in [1.165, 1.54) is 0 Å². The summed E-state index contributed by atoms with van der Waals surface area (Å²) in [6.45, 7) is 8.35. The number of anilines is 1. The lowest BCUT2D eigenvalue weighted by Gasteiger charge is -2.37. The van der Waals surface area contributed by atoms with E-state index >= 15 is 0 Å². The van der Waals surface area contributed by atoms with Crippen molar-refractivity contribution in [2.45, 2.75) is 32.9 Å². The first kappa shape index (κ1) is 19.1. The summed E-state index contributed by atoms with van der Waals surface area (Å²) in [7, 11) is 1.59. The third-order valence-electron chi connectivity index (χ3n) is 4.28. The van der Waals surface area contributed by atoms with Gasteiger partial charge in [-0.1, -0.05) is 6.07 Å². The molecule has 0 spiro atoms. The molecule has 1 fully saturated rings. The van der Waals surface area contributed by atoms with E-state index < -0.39 is 0 Å². The second-order valence-corrected chi connectivity index (χ2v) is 6.52. The van der Waals surface area contributed by atoms with Crippen molar-refractivity contribution in [1.82, 2.24) is 15.1 Å². The van der Waals surface area contributed by atoms with Crippen molar-refractivity contribution in [2.24, 2.45) is 0 Å². The number of hydrogen-bond acceptors (Lipinski definition) is 4. The van der Waals surface area contributed by atoms with Crippen LogP contribution in [0.25, 0.3) is 0 Å². The molecule has 2 N–H and O–H groups in total. The van der Waals surface area contributed by atoms with Crippen LogP contribution in [0.3, 0.4) is 0 Å². The number of hydrogen-bond donors (Lipinski definition) is 2. The zero-order valence-electron chi connectivity index (χ0n) is 15.4. The minimum atomic E-state index is -0.189. The molecule has 0 bridgehead atoms. The van der Waals surface area contributed by atoms with Crippen LogP contribution in [0.2, 0.25) is 0 Å². The van der Waals surface area contributed by atoms with E-state index in [2.05, 4.69) is 15.5 Å². The predicted molar refractivity (Wildman–Crippen MR) is 97.9 cm³/mol. The number of carbonyl (C=O) groups excluding carboxylic acids is 2. The molecule has 1 saturated heterocycles. The molecule has 0 aliphatic carbocycles. The lowest BCUT2D eigenvalue weighted by atomic mass is 10.2. The zero-order chi connectivity index (χ0) is 18.4. The van der Waals surface area contributed by atoms with Gasteiger partial charge in [0.15, 0.2) is 0 Å². The lowest BCUT2D eigenvalue weighted by molar-refractivity contribution is -0.126. The summed E-state index contributed by atoms with van der Waals surface area (Å²) < 4.78 is 5.16. The van der Waals surface area contributed by atoms with Gasteiger partial charge >= 0.3 is 6.03 Å². The van der Waals surface area contributed by atoms with Crippen molar-refractivity contribution in [3.63, 3.8) is 0 Å². The smallest absolute Gasteiger partial charge is 0.321 e. The van der Waals surface area contributed by atoms with Crippen molar-refractivity contribution in [1.29, 1.82) is 0 Å². The molecule has 0 saturated carbocycles. The second-order valence-electron chi connectivity index (χ2n) is 6.52. The van der Waals surface area contributed by atoms with Crippen LogP contribution >= 0.6 is 0 Å². The number of benzene rings is 1. The van der Waals surface area contributed by atoms with E-state index in [0.717, 1.165) is 0 Å². The minimum absolute atomic E-state index is 0.0317. The van der Waals surface area contributed by atoms with Crippen molar-refractivity contribution in [3.8, 4) is 5.75 Å². The number of piperazine rings is 1. The van der Waals surface area contributed by atoms with Crippen molar-refractivity contribution < 1.29 is 14.3 Å². The average Bonchev–Trinajstić information content (AvgIpc) is 2.60. The van der Waals surface area contributed by atoms with Crippen LogP contribution in [-0.2, 0) is 4.79 Å². The van der Waals surface area contributed by atoms with Crippen LogP contribution < -0.4 is 15.4 Å².